The van der Waals surface area contributed by atoms with E-state index in [1.54, 1.807) is 0 Å². The van der Waals surface area contributed by atoms with Crippen molar-refractivity contribution in [3.8, 4) is 0 Å². The molecule has 0 nitrogen and oxygen atoms in total. The van der Waals surface area contributed by atoms with Crippen LogP contribution >= 0.6 is 0 Å². The van der Waals surface area contributed by atoms with Crippen molar-refractivity contribution in [3.05, 3.63) is 48.6 Å². The fourth-order valence-electron chi connectivity index (χ4n) is 1.18. The third kappa shape index (κ3) is 6.15. The normalized spacial score (nSPS) is 28.9. The molecule has 0 aromatic carbocycles. The standard InChI is InChI=1S/C13H17/c1-2-4-6-8-10-12-13-11-9-7-5-3-1/h1-4,7,9,13H,5-6,8,10-11H2/b3-1+,4-2-,9-7+,13-12?. The van der Waals surface area contributed by atoms with Crippen molar-refractivity contribution in [1.29, 1.82) is 0 Å². The Balaban J connectivity index is 2.38. The first-order valence-electron chi connectivity index (χ1n) is 5.02. The molecule has 0 heterocycles. The molecule has 0 atom stereocenters. The quantitative estimate of drug-likeness (QED) is 0.486. The predicted molar refractivity (Wildman–Crippen MR) is 58.3 cm³/mol. The Morgan fingerprint density at radius 3 is 2.69 bits per heavy atom. The lowest BCUT2D eigenvalue weighted by Crippen LogP contribution is -1.69. The molecular weight excluding hydrogens is 156 g/mol. The molecule has 0 aromatic rings. The Morgan fingerprint density at radius 2 is 1.69 bits per heavy atom. The fraction of sp³-hybridized carbons (Fsp3) is 0.385. The van der Waals surface area contributed by atoms with Crippen LogP contribution in [0.3, 0.4) is 0 Å². The Hall–Kier alpha value is -1.04. The van der Waals surface area contributed by atoms with Crippen LogP contribution in [0, 0.1) is 6.08 Å². The molecule has 0 aromatic heterocycles. The number of allylic oxidation sites excluding steroid dienone is 8. The molecule has 0 heteroatoms. The molecule has 0 bridgehead atoms. The van der Waals surface area contributed by atoms with Crippen LogP contribution in [0.2, 0.25) is 0 Å². The summed E-state index contributed by atoms with van der Waals surface area (Å²) >= 11 is 0. The molecule has 0 unspecified atom stereocenters. The van der Waals surface area contributed by atoms with Gasteiger partial charge in [-0.15, -0.1) is 0 Å². The topological polar surface area (TPSA) is 0 Å². The van der Waals surface area contributed by atoms with E-state index in [4.69, 9.17) is 0 Å². The van der Waals surface area contributed by atoms with Crippen molar-refractivity contribution in [1.82, 2.24) is 0 Å². The zero-order chi connectivity index (χ0) is 9.19. The van der Waals surface area contributed by atoms with Crippen LogP contribution in [-0.4, -0.2) is 0 Å². The fourth-order valence-corrected chi connectivity index (χ4v) is 1.18. The molecule has 0 saturated carbocycles. The molecule has 1 rings (SSSR count). The first-order chi connectivity index (χ1) is 6.50. The molecule has 0 spiro atoms. The first kappa shape index (κ1) is 10.0. The highest BCUT2D eigenvalue weighted by molar-refractivity contribution is 5.05. The molecule has 13 heavy (non-hydrogen) atoms. The molecular formula is C13H17. The Labute approximate surface area is 81.4 Å². The largest absolute Gasteiger partial charge is 0.0845 e. The van der Waals surface area contributed by atoms with Crippen LogP contribution in [0.15, 0.2) is 42.5 Å². The predicted octanol–water partition coefficient (Wildman–Crippen LogP) is 3.98. The highest BCUT2D eigenvalue weighted by atomic mass is 13.9. The molecule has 1 radical (unpaired) electrons. The van der Waals surface area contributed by atoms with Crippen LogP contribution in [-0.2, 0) is 0 Å². The minimum atomic E-state index is 1.03. The summed E-state index contributed by atoms with van der Waals surface area (Å²) in [6, 6.07) is 0. The van der Waals surface area contributed by atoms with E-state index in [2.05, 4.69) is 48.6 Å². The van der Waals surface area contributed by atoms with Gasteiger partial charge in [-0.25, -0.2) is 0 Å². The summed E-state index contributed by atoms with van der Waals surface area (Å²) < 4.78 is 0. The van der Waals surface area contributed by atoms with Crippen molar-refractivity contribution >= 4 is 0 Å². The van der Waals surface area contributed by atoms with Crippen LogP contribution in [0.4, 0.5) is 0 Å². The van der Waals surface area contributed by atoms with E-state index in [0.29, 0.717) is 0 Å². The SMILES string of the molecule is [C]1=C/C/C=C/C/C=C/C=C\CCC/1. The number of hydrogen-bond donors (Lipinski definition) is 0. The van der Waals surface area contributed by atoms with Gasteiger partial charge >= 0.3 is 0 Å². The van der Waals surface area contributed by atoms with Crippen LogP contribution in [0.5, 0.6) is 0 Å². The van der Waals surface area contributed by atoms with Gasteiger partial charge in [-0.3, -0.25) is 0 Å². The van der Waals surface area contributed by atoms with E-state index in [-0.39, 0.29) is 0 Å². The van der Waals surface area contributed by atoms with E-state index in [9.17, 15) is 0 Å². The number of hydrogen-bond acceptors (Lipinski definition) is 0. The minimum Gasteiger partial charge on any atom is -0.0845 e. The van der Waals surface area contributed by atoms with Gasteiger partial charge in [0, 0.05) is 0 Å². The van der Waals surface area contributed by atoms with E-state index in [1.165, 1.54) is 12.8 Å². The Bertz CT molecular complexity index is 216. The second kappa shape index (κ2) is 7.60. The van der Waals surface area contributed by atoms with Gasteiger partial charge in [0.05, 0.1) is 0 Å². The monoisotopic (exact) mass is 173 g/mol. The summed E-state index contributed by atoms with van der Waals surface area (Å²) in [5.41, 5.74) is 0. The molecule has 0 amide bonds. The van der Waals surface area contributed by atoms with Gasteiger partial charge in [-0.2, -0.15) is 0 Å². The lowest BCUT2D eigenvalue weighted by molar-refractivity contribution is 0.852. The summed E-state index contributed by atoms with van der Waals surface area (Å²) in [5, 5.41) is 0. The second-order valence-electron chi connectivity index (χ2n) is 3.10. The Kier molecular flexibility index (Phi) is 5.87. The zero-order valence-corrected chi connectivity index (χ0v) is 8.08. The van der Waals surface area contributed by atoms with Crippen LogP contribution in [0.25, 0.3) is 0 Å². The van der Waals surface area contributed by atoms with Crippen molar-refractivity contribution < 1.29 is 0 Å². The van der Waals surface area contributed by atoms with Gasteiger partial charge in [-0.1, -0.05) is 42.5 Å². The molecule has 0 fully saturated rings. The first-order valence-corrected chi connectivity index (χ1v) is 5.02. The average molecular weight is 173 g/mol. The van der Waals surface area contributed by atoms with Crippen molar-refractivity contribution in [3.63, 3.8) is 0 Å². The zero-order valence-electron chi connectivity index (χ0n) is 8.08. The van der Waals surface area contributed by atoms with Crippen LogP contribution < -0.4 is 0 Å². The van der Waals surface area contributed by atoms with Gasteiger partial charge < -0.3 is 0 Å². The third-order valence-corrected chi connectivity index (χ3v) is 1.91. The van der Waals surface area contributed by atoms with Gasteiger partial charge in [0.15, 0.2) is 0 Å². The van der Waals surface area contributed by atoms with Gasteiger partial charge in [0.1, 0.15) is 0 Å². The van der Waals surface area contributed by atoms with Crippen LogP contribution in [0.1, 0.15) is 32.1 Å². The lowest BCUT2D eigenvalue weighted by atomic mass is 10.2. The van der Waals surface area contributed by atoms with Crippen molar-refractivity contribution in [2.45, 2.75) is 32.1 Å². The minimum absolute atomic E-state index is 1.03. The smallest absolute Gasteiger partial charge is 0.0163 e. The highest BCUT2D eigenvalue weighted by Crippen LogP contribution is 2.00. The summed E-state index contributed by atoms with van der Waals surface area (Å²) in [5.74, 6) is 0. The Morgan fingerprint density at radius 1 is 0.846 bits per heavy atom. The van der Waals surface area contributed by atoms with Gasteiger partial charge in [-0.05, 0) is 38.2 Å². The summed E-state index contributed by atoms with van der Waals surface area (Å²) in [7, 11) is 0. The highest BCUT2D eigenvalue weighted by Gasteiger charge is 1.81. The van der Waals surface area contributed by atoms with E-state index in [1.807, 2.05) is 0 Å². The van der Waals surface area contributed by atoms with Crippen molar-refractivity contribution in [2.24, 2.45) is 0 Å². The van der Waals surface area contributed by atoms with Gasteiger partial charge in [0.2, 0.25) is 0 Å². The number of rotatable bonds is 0. The molecule has 1 aliphatic rings. The van der Waals surface area contributed by atoms with E-state index < -0.39 is 0 Å². The summed E-state index contributed by atoms with van der Waals surface area (Å²) in [4.78, 5) is 0. The third-order valence-electron chi connectivity index (χ3n) is 1.91. The second-order valence-corrected chi connectivity index (χ2v) is 3.10. The van der Waals surface area contributed by atoms with E-state index >= 15 is 0 Å². The summed E-state index contributed by atoms with van der Waals surface area (Å²) in [6.07, 6.45) is 24.0. The van der Waals surface area contributed by atoms with Gasteiger partial charge in [0.25, 0.3) is 0 Å². The maximum Gasteiger partial charge on any atom is -0.0163 e. The lowest BCUT2D eigenvalue weighted by Gasteiger charge is -1.87. The summed E-state index contributed by atoms with van der Waals surface area (Å²) in [6.45, 7) is 0. The molecule has 1 aliphatic carbocycles. The van der Waals surface area contributed by atoms with Crippen molar-refractivity contribution in [2.75, 3.05) is 0 Å². The average Bonchev–Trinajstić information content (AvgIpc) is 2.18. The molecule has 0 saturated heterocycles. The van der Waals surface area contributed by atoms with E-state index in [0.717, 1.165) is 19.3 Å². The molecule has 0 N–H and O–H groups in total. The maximum atomic E-state index is 3.29. The maximum absolute atomic E-state index is 3.29. The molecule has 69 valence electrons. The molecule has 0 aliphatic heterocycles.